The Bertz CT molecular complexity index is 587. The Kier molecular flexibility index (Phi) is 5.89. The minimum atomic E-state index is -0.140. The molecule has 1 aromatic carbocycles. The van der Waals surface area contributed by atoms with E-state index in [0.29, 0.717) is 4.83 Å². The molecule has 0 amide bonds. The van der Waals surface area contributed by atoms with Crippen molar-refractivity contribution < 1.29 is 0 Å². The van der Waals surface area contributed by atoms with Gasteiger partial charge in [-0.1, -0.05) is 67.4 Å². The molecule has 0 saturated heterocycles. The van der Waals surface area contributed by atoms with Crippen LogP contribution in [0.15, 0.2) is 23.0 Å². The lowest BCUT2D eigenvalue weighted by Crippen LogP contribution is -1.99. The Labute approximate surface area is 128 Å². The average molecular weight is 339 g/mol. The molecule has 4 heteroatoms. The van der Waals surface area contributed by atoms with Gasteiger partial charge in [0.25, 0.3) is 0 Å². The van der Waals surface area contributed by atoms with E-state index in [1.165, 1.54) is 44.1 Å². The van der Waals surface area contributed by atoms with Gasteiger partial charge in [-0.3, -0.25) is 0 Å². The summed E-state index contributed by atoms with van der Waals surface area (Å²) in [5, 5.41) is 0. The van der Waals surface area contributed by atoms with E-state index in [4.69, 9.17) is 0 Å². The van der Waals surface area contributed by atoms with E-state index in [9.17, 15) is 4.79 Å². The lowest BCUT2D eigenvalue weighted by Gasteiger charge is -2.10. The molecule has 20 heavy (non-hydrogen) atoms. The van der Waals surface area contributed by atoms with Crippen LogP contribution in [0.4, 0.5) is 0 Å². The van der Waals surface area contributed by atoms with Crippen LogP contribution >= 0.6 is 15.9 Å². The molecule has 0 spiro atoms. The Morgan fingerprint density at radius 3 is 2.55 bits per heavy atom. The second-order valence-corrected chi connectivity index (χ2v) is 6.51. The average Bonchev–Trinajstić information content (AvgIpc) is 2.81. The maximum Gasteiger partial charge on any atom is 0.323 e. The molecule has 0 fully saturated rings. The number of aromatic amines is 2. The lowest BCUT2D eigenvalue weighted by molar-refractivity contribution is 0.588. The van der Waals surface area contributed by atoms with E-state index in [-0.39, 0.29) is 5.69 Å². The molecule has 0 aliphatic heterocycles. The number of nitrogens with one attached hydrogen (secondary N) is 2. The predicted molar refractivity (Wildman–Crippen MR) is 88.6 cm³/mol. The van der Waals surface area contributed by atoms with Gasteiger partial charge in [0.05, 0.1) is 11.0 Å². The summed E-state index contributed by atoms with van der Waals surface area (Å²) in [7, 11) is 0. The van der Waals surface area contributed by atoms with Crippen molar-refractivity contribution in [1.29, 1.82) is 0 Å². The highest BCUT2D eigenvalue weighted by molar-refractivity contribution is 9.09. The van der Waals surface area contributed by atoms with Gasteiger partial charge in [0.2, 0.25) is 0 Å². The Morgan fingerprint density at radius 2 is 1.75 bits per heavy atom. The van der Waals surface area contributed by atoms with Crippen LogP contribution in [0.3, 0.4) is 0 Å². The van der Waals surface area contributed by atoms with Crippen LogP contribution in [-0.4, -0.2) is 9.97 Å². The summed E-state index contributed by atoms with van der Waals surface area (Å²) in [4.78, 5) is 17.2. The largest absolute Gasteiger partial charge is 0.323 e. The zero-order valence-electron chi connectivity index (χ0n) is 12.0. The predicted octanol–water partition coefficient (Wildman–Crippen LogP) is 5.04. The van der Waals surface area contributed by atoms with Crippen molar-refractivity contribution in [1.82, 2.24) is 9.97 Å². The van der Waals surface area contributed by atoms with E-state index in [1.807, 2.05) is 6.07 Å². The van der Waals surface area contributed by atoms with Crippen molar-refractivity contribution in [2.45, 2.75) is 56.7 Å². The molecule has 0 saturated carbocycles. The van der Waals surface area contributed by atoms with Gasteiger partial charge in [-0.15, -0.1) is 0 Å². The second kappa shape index (κ2) is 7.67. The van der Waals surface area contributed by atoms with Crippen molar-refractivity contribution in [3.63, 3.8) is 0 Å². The van der Waals surface area contributed by atoms with E-state index >= 15 is 0 Å². The van der Waals surface area contributed by atoms with Gasteiger partial charge in [0, 0.05) is 4.83 Å². The third-order valence-electron chi connectivity index (χ3n) is 3.71. The number of H-pyrrole nitrogens is 2. The fourth-order valence-electron chi connectivity index (χ4n) is 2.52. The first-order chi connectivity index (χ1) is 9.70. The van der Waals surface area contributed by atoms with Crippen molar-refractivity contribution in [2.24, 2.45) is 0 Å². The van der Waals surface area contributed by atoms with Gasteiger partial charge >= 0.3 is 5.69 Å². The molecule has 2 rings (SSSR count). The summed E-state index contributed by atoms with van der Waals surface area (Å²) in [6.45, 7) is 2.25. The van der Waals surface area contributed by atoms with Gasteiger partial charge < -0.3 is 9.97 Å². The molecule has 1 aromatic heterocycles. The summed E-state index contributed by atoms with van der Waals surface area (Å²) >= 11 is 3.76. The number of rotatable bonds is 8. The molecule has 2 aromatic rings. The number of alkyl halides is 1. The fourth-order valence-corrected chi connectivity index (χ4v) is 3.12. The molecule has 1 atom stereocenters. The highest BCUT2D eigenvalue weighted by atomic mass is 79.9. The summed E-state index contributed by atoms with van der Waals surface area (Å²) in [6.07, 6.45) is 9.07. The number of benzene rings is 1. The molecule has 0 aliphatic carbocycles. The first-order valence-electron chi connectivity index (χ1n) is 7.56. The number of halogens is 1. The van der Waals surface area contributed by atoms with Gasteiger partial charge in [-0.2, -0.15) is 0 Å². The Hall–Kier alpha value is -1.03. The van der Waals surface area contributed by atoms with Crippen LogP contribution in [0, 0.1) is 0 Å². The maximum absolute atomic E-state index is 11.2. The number of aromatic nitrogens is 2. The SMILES string of the molecule is CCCCCCCCC(Br)c1ccc2[nH]c(=O)[nH]c2c1. The van der Waals surface area contributed by atoms with Crippen molar-refractivity contribution in [3.05, 3.63) is 34.2 Å². The first kappa shape index (κ1) is 15.4. The summed E-state index contributed by atoms with van der Waals surface area (Å²) in [6, 6.07) is 6.12. The molecule has 2 N–H and O–H groups in total. The van der Waals surface area contributed by atoms with Gasteiger partial charge in [0.1, 0.15) is 0 Å². The summed E-state index contributed by atoms with van der Waals surface area (Å²) < 4.78 is 0. The highest BCUT2D eigenvalue weighted by Gasteiger charge is 2.09. The fraction of sp³-hybridized carbons (Fsp3) is 0.562. The highest BCUT2D eigenvalue weighted by Crippen LogP contribution is 2.30. The van der Waals surface area contributed by atoms with Crippen LogP contribution in [0.25, 0.3) is 11.0 Å². The molecular formula is C16H23BrN2O. The number of unbranched alkanes of at least 4 members (excludes halogenated alkanes) is 5. The van der Waals surface area contributed by atoms with E-state index in [2.05, 4.69) is 45.0 Å². The van der Waals surface area contributed by atoms with E-state index in [0.717, 1.165) is 17.5 Å². The molecule has 1 heterocycles. The van der Waals surface area contributed by atoms with E-state index < -0.39 is 0 Å². The summed E-state index contributed by atoms with van der Waals surface area (Å²) in [5.74, 6) is 0. The smallest absolute Gasteiger partial charge is 0.306 e. The Morgan fingerprint density at radius 1 is 1.05 bits per heavy atom. The molecule has 0 radical (unpaired) electrons. The molecule has 1 unspecified atom stereocenters. The topological polar surface area (TPSA) is 48.6 Å². The Balaban J connectivity index is 1.84. The zero-order chi connectivity index (χ0) is 14.4. The molecule has 110 valence electrons. The minimum Gasteiger partial charge on any atom is -0.306 e. The molecule has 0 aliphatic rings. The number of fused-ring (bicyclic) bond motifs is 1. The zero-order valence-corrected chi connectivity index (χ0v) is 13.6. The minimum absolute atomic E-state index is 0.140. The quantitative estimate of drug-likeness (QED) is 0.513. The van der Waals surface area contributed by atoms with Gasteiger partial charge in [-0.25, -0.2) is 4.79 Å². The van der Waals surface area contributed by atoms with Crippen molar-refractivity contribution >= 4 is 27.0 Å². The number of imidazole rings is 1. The van der Waals surface area contributed by atoms with E-state index in [1.54, 1.807) is 0 Å². The first-order valence-corrected chi connectivity index (χ1v) is 8.48. The van der Waals surface area contributed by atoms with Crippen LogP contribution < -0.4 is 5.69 Å². The second-order valence-electron chi connectivity index (χ2n) is 5.41. The van der Waals surface area contributed by atoms with Crippen LogP contribution in [0.2, 0.25) is 0 Å². The standard InChI is InChI=1S/C16H23BrN2O/c1-2-3-4-5-6-7-8-13(17)12-9-10-14-15(11-12)19-16(20)18-14/h9-11,13H,2-8H2,1H3,(H2,18,19,20). The number of hydrogen-bond donors (Lipinski definition) is 2. The van der Waals surface area contributed by atoms with Crippen molar-refractivity contribution in [2.75, 3.05) is 0 Å². The summed E-state index contributed by atoms with van der Waals surface area (Å²) in [5.41, 5.74) is 2.86. The van der Waals surface area contributed by atoms with Crippen molar-refractivity contribution in [3.8, 4) is 0 Å². The monoisotopic (exact) mass is 338 g/mol. The third kappa shape index (κ3) is 4.23. The van der Waals surface area contributed by atoms with Crippen LogP contribution in [0.1, 0.15) is 62.3 Å². The van der Waals surface area contributed by atoms with Crippen LogP contribution in [-0.2, 0) is 0 Å². The maximum atomic E-state index is 11.2. The molecular weight excluding hydrogens is 316 g/mol. The molecule has 0 bridgehead atoms. The third-order valence-corrected chi connectivity index (χ3v) is 4.70. The van der Waals surface area contributed by atoms with Crippen LogP contribution in [0.5, 0.6) is 0 Å². The normalized spacial score (nSPS) is 12.9. The van der Waals surface area contributed by atoms with Gasteiger partial charge in [-0.05, 0) is 24.1 Å². The molecule has 3 nitrogen and oxygen atoms in total. The van der Waals surface area contributed by atoms with Gasteiger partial charge in [0.15, 0.2) is 0 Å². The lowest BCUT2D eigenvalue weighted by atomic mass is 10.0. The number of hydrogen-bond acceptors (Lipinski definition) is 1.